The summed E-state index contributed by atoms with van der Waals surface area (Å²) in [6, 6.07) is 5.97. The van der Waals surface area contributed by atoms with Crippen LogP contribution in [0.2, 0.25) is 0 Å². The van der Waals surface area contributed by atoms with Crippen LogP contribution in [0, 0.1) is 0 Å². The van der Waals surface area contributed by atoms with Gasteiger partial charge in [-0.2, -0.15) is 0 Å². The van der Waals surface area contributed by atoms with Gasteiger partial charge in [0.2, 0.25) is 0 Å². The number of rotatable bonds is 5. The van der Waals surface area contributed by atoms with Crippen LogP contribution in [0.25, 0.3) is 0 Å². The van der Waals surface area contributed by atoms with Gasteiger partial charge in [-0.1, -0.05) is 6.07 Å². The molecule has 0 amide bonds. The van der Waals surface area contributed by atoms with Crippen LogP contribution in [0.3, 0.4) is 0 Å². The van der Waals surface area contributed by atoms with Gasteiger partial charge in [0.1, 0.15) is 0 Å². The Hall–Kier alpha value is 0.0600. The lowest BCUT2D eigenvalue weighted by atomic mass is 10.1. The van der Waals surface area contributed by atoms with Crippen LogP contribution in [0.1, 0.15) is 24.4 Å². The van der Waals surface area contributed by atoms with Crippen molar-refractivity contribution < 1.29 is 9.84 Å². The second kappa shape index (κ2) is 7.01. The quantitative estimate of drug-likeness (QED) is 0.827. The van der Waals surface area contributed by atoms with Gasteiger partial charge < -0.3 is 15.2 Å². The molecule has 0 bridgehead atoms. The number of aliphatic hydroxyl groups excluding tert-OH is 1. The number of benzene rings is 1. The van der Waals surface area contributed by atoms with Crippen LogP contribution < -0.4 is 5.32 Å². The van der Waals surface area contributed by atoms with Gasteiger partial charge in [-0.15, -0.1) is 0 Å². The largest absolute Gasteiger partial charge is 0.394 e. The minimum Gasteiger partial charge on any atom is -0.394 e. The number of nitrogens with one attached hydrogen (secondary N) is 1. The molecule has 100 valence electrons. The van der Waals surface area contributed by atoms with E-state index in [1.54, 1.807) is 0 Å². The lowest BCUT2D eigenvalue weighted by Gasteiger charge is -2.19. The summed E-state index contributed by atoms with van der Waals surface area (Å²) < 4.78 is 7.58. The summed E-state index contributed by atoms with van der Waals surface area (Å²) in [5.41, 5.74) is 1.07. The van der Waals surface area contributed by atoms with Crippen molar-refractivity contribution in [1.29, 1.82) is 0 Å². The third-order valence-corrected chi connectivity index (χ3v) is 5.02. The second-order valence-electron chi connectivity index (χ2n) is 4.45. The molecule has 3 nitrogen and oxygen atoms in total. The highest BCUT2D eigenvalue weighted by Crippen LogP contribution is 2.26. The van der Waals surface area contributed by atoms with E-state index in [0.29, 0.717) is 0 Å². The van der Waals surface area contributed by atoms with Crippen molar-refractivity contribution in [2.75, 3.05) is 19.8 Å². The SMILES string of the molecule is OCC(NCC1CCCO1)c1ccc(Br)c(Br)c1. The van der Waals surface area contributed by atoms with Gasteiger partial charge in [0.15, 0.2) is 0 Å². The minimum absolute atomic E-state index is 0.0430. The first-order valence-electron chi connectivity index (χ1n) is 6.11. The zero-order valence-electron chi connectivity index (χ0n) is 10.0. The smallest absolute Gasteiger partial charge is 0.0700 e. The van der Waals surface area contributed by atoms with Gasteiger partial charge in [0.25, 0.3) is 0 Å². The molecule has 0 spiro atoms. The van der Waals surface area contributed by atoms with Gasteiger partial charge in [-0.25, -0.2) is 0 Å². The Morgan fingerprint density at radius 2 is 2.22 bits per heavy atom. The average Bonchev–Trinajstić information content (AvgIpc) is 2.87. The third-order valence-electron chi connectivity index (χ3n) is 3.14. The first-order chi connectivity index (χ1) is 8.70. The molecular formula is C13H17Br2NO2. The minimum atomic E-state index is -0.0430. The van der Waals surface area contributed by atoms with E-state index in [4.69, 9.17) is 4.74 Å². The molecule has 1 aliphatic heterocycles. The molecule has 5 heteroatoms. The van der Waals surface area contributed by atoms with Crippen molar-refractivity contribution in [3.63, 3.8) is 0 Å². The van der Waals surface area contributed by atoms with Crippen molar-refractivity contribution in [2.24, 2.45) is 0 Å². The first kappa shape index (κ1) is 14.5. The van der Waals surface area contributed by atoms with E-state index in [0.717, 1.165) is 40.5 Å². The summed E-state index contributed by atoms with van der Waals surface area (Å²) in [4.78, 5) is 0. The molecule has 2 unspecified atom stereocenters. The fourth-order valence-corrected chi connectivity index (χ4v) is 2.74. The highest BCUT2D eigenvalue weighted by molar-refractivity contribution is 9.13. The second-order valence-corrected chi connectivity index (χ2v) is 6.16. The zero-order chi connectivity index (χ0) is 13.0. The summed E-state index contributed by atoms with van der Waals surface area (Å²) in [6.07, 6.45) is 2.53. The fraction of sp³-hybridized carbons (Fsp3) is 0.538. The van der Waals surface area contributed by atoms with Gasteiger partial charge in [0, 0.05) is 22.1 Å². The Labute approximate surface area is 124 Å². The normalized spacial score (nSPS) is 21.2. The predicted molar refractivity (Wildman–Crippen MR) is 78.6 cm³/mol. The molecule has 0 aliphatic carbocycles. The first-order valence-corrected chi connectivity index (χ1v) is 7.70. The summed E-state index contributed by atoms with van der Waals surface area (Å²) in [7, 11) is 0. The van der Waals surface area contributed by atoms with Crippen molar-refractivity contribution in [2.45, 2.75) is 25.0 Å². The molecule has 1 heterocycles. The van der Waals surface area contributed by atoms with Gasteiger partial charge in [0.05, 0.1) is 18.8 Å². The monoisotopic (exact) mass is 377 g/mol. The Morgan fingerprint density at radius 1 is 1.39 bits per heavy atom. The van der Waals surface area contributed by atoms with Crippen molar-refractivity contribution in [3.05, 3.63) is 32.7 Å². The Morgan fingerprint density at radius 3 is 2.83 bits per heavy atom. The zero-order valence-corrected chi connectivity index (χ0v) is 13.2. The molecule has 0 saturated carbocycles. The maximum absolute atomic E-state index is 9.48. The van der Waals surface area contributed by atoms with Crippen LogP contribution >= 0.6 is 31.9 Å². The van der Waals surface area contributed by atoms with E-state index >= 15 is 0 Å². The summed E-state index contributed by atoms with van der Waals surface area (Å²) in [6.45, 7) is 1.74. The van der Waals surface area contributed by atoms with Crippen LogP contribution in [-0.4, -0.2) is 31.0 Å². The van der Waals surface area contributed by atoms with E-state index in [-0.39, 0.29) is 18.8 Å². The van der Waals surface area contributed by atoms with Crippen LogP contribution in [0.15, 0.2) is 27.1 Å². The molecule has 2 atom stereocenters. The molecule has 2 N–H and O–H groups in total. The maximum Gasteiger partial charge on any atom is 0.0700 e. The van der Waals surface area contributed by atoms with E-state index in [1.165, 1.54) is 0 Å². The lowest BCUT2D eigenvalue weighted by molar-refractivity contribution is 0.104. The molecule has 1 aromatic rings. The van der Waals surface area contributed by atoms with Gasteiger partial charge in [-0.3, -0.25) is 0 Å². The van der Waals surface area contributed by atoms with Crippen LogP contribution in [0.5, 0.6) is 0 Å². The number of hydrogen-bond acceptors (Lipinski definition) is 3. The average molecular weight is 379 g/mol. The van der Waals surface area contributed by atoms with E-state index in [9.17, 15) is 5.11 Å². The van der Waals surface area contributed by atoms with Gasteiger partial charge >= 0.3 is 0 Å². The van der Waals surface area contributed by atoms with Crippen LogP contribution in [-0.2, 0) is 4.74 Å². The maximum atomic E-state index is 9.48. The fourth-order valence-electron chi connectivity index (χ4n) is 2.10. The molecule has 1 saturated heterocycles. The van der Waals surface area contributed by atoms with Crippen molar-refractivity contribution in [3.8, 4) is 0 Å². The Bertz CT molecular complexity index is 395. The molecule has 0 radical (unpaired) electrons. The lowest BCUT2D eigenvalue weighted by Crippen LogP contribution is -2.31. The molecule has 0 aromatic heterocycles. The number of hydrogen-bond donors (Lipinski definition) is 2. The predicted octanol–water partition coefficient (Wildman–Crippen LogP) is 3.01. The topological polar surface area (TPSA) is 41.5 Å². The molecule has 1 aliphatic rings. The summed E-state index contributed by atoms with van der Waals surface area (Å²) >= 11 is 6.92. The molecular weight excluding hydrogens is 362 g/mol. The summed E-state index contributed by atoms with van der Waals surface area (Å²) in [5.74, 6) is 0. The Balaban J connectivity index is 1.96. The highest BCUT2D eigenvalue weighted by Gasteiger charge is 2.18. The molecule has 2 rings (SSSR count). The van der Waals surface area contributed by atoms with E-state index in [1.807, 2.05) is 18.2 Å². The number of aliphatic hydroxyl groups is 1. The van der Waals surface area contributed by atoms with Crippen molar-refractivity contribution >= 4 is 31.9 Å². The summed E-state index contributed by atoms with van der Waals surface area (Å²) in [5, 5.41) is 12.8. The standard InChI is InChI=1S/C13H17Br2NO2/c14-11-4-3-9(6-12(11)15)13(8-17)16-7-10-2-1-5-18-10/h3-4,6,10,13,16-17H,1-2,5,7-8H2. The number of halogens is 2. The molecule has 18 heavy (non-hydrogen) atoms. The van der Waals surface area contributed by atoms with Crippen molar-refractivity contribution in [1.82, 2.24) is 5.32 Å². The van der Waals surface area contributed by atoms with E-state index < -0.39 is 0 Å². The Kier molecular flexibility index (Phi) is 5.63. The van der Waals surface area contributed by atoms with Crippen LogP contribution in [0.4, 0.5) is 0 Å². The van der Waals surface area contributed by atoms with Gasteiger partial charge in [-0.05, 0) is 62.4 Å². The molecule has 1 fully saturated rings. The number of ether oxygens (including phenoxy) is 1. The van der Waals surface area contributed by atoms with E-state index in [2.05, 4.69) is 37.2 Å². The molecule has 1 aromatic carbocycles. The highest BCUT2D eigenvalue weighted by atomic mass is 79.9. The third kappa shape index (κ3) is 3.78.